The highest BCUT2D eigenvalue weighted by molar-refractivity contribution is 5.84. The van der Waals surface area contributed by atoms with Gasteiger partial charge in [0.05, 0.1) is 0 Å². The molecule has 0 saturated heterocycles. The van der Waals surface area contributed by atoms with Gasteiger partial charge in [0, 0.05) is 5.69 Å². The molecule has 0 heterocycles. The van der Waals surface area contributed by atoms with Gasteiger partial charge >= 0.3 is 6.09 Å². The summed E-state index contributed by atoms with van der Waals surface area (Å²) in [5.41, 5.74) is 3.22. The van der Waals surface area contributed by atoms with Crippen LogP contribution in [0.2, 0.25) is 0 Å². The summed E-state index contributed by atoms with van der Waals surface area (Å²) in [5, 5.41) is 11.4. The lowest BCUT2D eigenvalue weighted by Gasteiger charge is -2.14. The van der Waals surface area contributed by atoms with Crippen molar-refractivity contribution in [2.75, 3.05) is 5.32 Å². The number of carboxylic acid groups (broad SMARTS) is 1. The quantitative estimate of drug-likeness (QED) is 0.749. The van der Waals surface area contributed by atoms with Gasteiger partial charge in [0.2, 0.25) is 0 Å². The molecule has 0 aromatic heterocycles. The Morgan fingerprint density at radius 3 is 2.44 bits per heavy atom. The van der Waals surface area contributed by atoms with Gasteiger partial charge in [0.25, 0.3) is 0 Å². The lowest BCUT2D eigenvalue weighted by Crippen LogP contribution is -2.11. The molecule has 1 rings (SSSR count). The van der Waals surface area contributed by atoms with E-state index >= 15 is 0 Å². The molecule has 2 N–H and O–H groups in total. The first-order chi connectivity index (χ1) is 8.69. The third-order valence-corrected chi connectivity index (χ3v) is 3.09. The lowest BCUT2D eigenvalue weighted by molar-refractivity contribution is 0.209. The zero-order chi connectivity index (χ0) is 13.4. The Labute approximate surface area is 109 Å². The number of amides is 1. The molecule has 0 saturated carbocycles. The van der Waals surface area contributed by atoms with Crippen LogP contribution in [0.15, 0.2) is 18.2 Å². The maximum atomic E-state index is 10.8. The second-order valence-electron chi connectivity index (χ2n) is 4.58. The van der Waals surface area contributed by atoms with E-state index in [1.165, 1.54) is 11.1 Å². The third kappa shape index (κ3) is 4.40. The first-order valence-electron chi connectivity index (χ1n) is 6.79. The van der Waals surface area contributed by atoms with E-state index in [2.05, 4.69) is 25.2 Å². The fraction of sp³-hybridized carbons (Fsp3) is 0.533. The highest BCUT2D eigenvalue weighted by Crippen LogP contribution is 2.24. The zero-order valence-corrected chi connectivity index (χ0v) is 11.3. The Balaban J connectivity index is 2.95. The Morgan fingerprint density at radius 2 is 1.83 bits per heavy atom. The van der Waals surface area contributed by atoms with Crippen molar-refractivity contribution in [3.63, 3.8) is 0 Å². The third-order valence-electron chi connectivity index (χ3n) is 3.09. The van der Waals surface area contributed by atoms with Crippen molar-refractivity contribution in [1.29, 1.82) is 0 Å². The summed E-state index contributed by atoms with van der Waals surface area (Å²) < 4.78 is 0. The molecule has 3 heteroatoms. The Morgan fingerprint density at radius 1 is 1.17 bits per heavy atom. The number of unbranched alkanes of at least 4 members (excludes halogenated alkanes) is 2. The first-order valence-corrected chi connectivity index (χ1v) is 6.79. The first kappa shape index (κ1) is 14.6. The van der Waals surface area contributed by atoms with Crippen LogP contribution in [-0.2, 0) is 12.8 Å². The number of rotatable bonds is 7. The van der Waals surface area contributed by atoms with Crippen molar-refractivity contribution in [2.45, 2.75) is 52.4 Å². The molecule has 3 nitrogen and oxygen atoms in total. The summed E-state index contributed by atoms with van der Waals surface area (Å²) in [5.74, 6) is 0. The van der Waals surface area contributed by atoms with Crippen molar-refractivity contribution in [3.8, 4) is 0 Å². The van der Waals surface area contributed by atoms with Gasteiger partial charge in [-0.2, -0.15) is 0 Å². The van der Waals surface area contributed by atoms with Gasteiger partial charge in [0.1, 0.15) is 0 Å². The van der Waals surface area contributed by atoms with Gasteiger partial charge in [-0.3, -0.25) is 5.32 Å². The summed E-state index contributed by atoms with van der Waals surface area (Å²) in [4.78, 5) is 10.8. The molecule has 0 aliphatic heterocycles. The summed E-state index contributed by atoms with van der Waals surface area (Å²) in [6, 6.07) is 5.91. The van der Waals surface area contributed by atoms with E-state index in [1.54, 1.807) is 0 Å². The molecule has 100 valence electrons. The SMILES string of the molecule is CCCCc1cccc(NC(=O)O)c1CCCC. The highest BCUT2D eigenvalue weighted by Gasteiger charge is 2.09. The Bertz CT molecular complexity index is 388. The molecule has 1 aromatic rings. The predicted molar refractivity (Wildman–Crippen MR) is 75.3 cm³/mol. The number of nitrogens with one attached hydrogen (secondary N) is 1. The Kier molecular flexibility index (Phi) is 6.26. The number of aryl methyl sites for hydroxylation is 1. The van der Waals surface area contributed by atoms with Crippen molar-refractivity contribution in [1.82, 2.24) is 0 Å². The number of hydrogen-bond acceptors (Lipinski definition) is 1. The monoisotopic (exact) mass is 249 g/mol. The van der Waals surface area contributed by atoms with Crippen LogP contribution in [0, 0.1) is 0 Å². The minimum absolute atomic E-state index is 0.754. The normalized spacial score (nSPS) is 10.3. The summed E-state index contributed by atoms with van der Waals surface area (Å²) >= 11 is 0. The molecule has 0 unspecified atom stereocenters. The topological polar surface area (TPSA) is 49.3 Å². The average Bonchev–Trinajstić information content (AvgIpc) is 2.34. The summed E-state index contributed by atoms with van der Waals surface area (Å²) in [7, 11) is 0. The van der Waals surface area contributed by atoms with Crippen LogP contribution in [0.5, 0.6) is 0 Å². The van der Waals surface area contributed by atoms with Gasteiger partial charge < -0.3 is 5.11 Å². The molecule has 1 aromatic carbocycles. The minimum Gasteiger partial charge on any atom is -0.465 e. The van der Waals surface area contributed by atoms with Gasteiger partial charge in [-0.25, -0.2) is 4.79 Å². The van der Waals surface area contributed by atoms with E-state index in [9.17, 15) is 4.79 Å². The van der Waals surface area contributed by atoms with Gasteiger partial charge in [0.15, 0.2) is 0 Å². The number of anilines is 1. The van der Waals surface area contributed by atoms with E-state index in [0.717, 1.165) is 44.2 Å². The number of benzene rings is 1. The molecule has 0 spiro atoms. The molecule has 0 bridgehead atoms. The van der Waals surface area contributed by atoms with Gasteiger partial charge in [-0.15, -0.1) is 0 Å². The fourth-order valence-corrected chi connectivity index (χ4v) is 2.12. The van der Waals surface area contributed by atoms with E-state index < -0.39 is 6.09 Å². The standard InChI is InChI=1S/C15H23NO2/c1-3-5-8-12-9-7-11-14(16-15(17)18)13(12)10-6-4-2/h7,9,11,16H,3-6,8,10H2,1-2H3,(H,17,18). The van der Waals surface area contributed by atoms with Crippen molar-refractivity contribution >= 4 is 11.8 Å². The van der Waals surface area contributed by atoms with Crippen LogP contribution in [0.3, 0.4) is 0 Å². The van der Waals surface area contributed by atoms with E-state index in [-0.39, 0.29) is 0 Å². The molecule has 0 aliphatic carbocycles. The summed E-state index contributed by atoms with van der Waals surface area (Å²) in [6.45, 7) is 4.32. The molecule has 0 fully saturated rings. The number of carbonyl (C=O) groups is 1. The van der Waals surface area contributed by atoms with Crippen molar-refractivity contribution in [2.24, 2.45) is 0 Å². The van der Waals surface area contributed by atoms with Crippen molar-refractivity contribution < 1.29 is 9.90 Å². The summed E-state index contributed by atoms with van der Waals surface area (Å²) in [6.07, 6.45) is 5.52. The van der Waals surface area contributed by atoms with Crippen molar-refractivity contribution in [3.05, 3.63) is 29.3 Å². The molecular weight excluding hydrogens is 226 g/mol. The van der Waals surface area contributed by atoms with Crippen LogP contribution < -0.4 is 5.32 Å². The second-order valence-corrected chi connectivity index (χ2v) is 4.58. The zero-order valence-electron chi connectivity index (χ0n) is 11.3. The van der Waals surface area contributed by atoms with E-state index in [0.29, 0.717) is 0 Å². The van der Waals surface area contributed by atoms with E-state index in [1.807, 2.05) is 12.1 Å². The highest BCUT2D eigenvalue weighted by atomic mass is 16.4. The molecular formula is C15H23NO2. The lowest BCUT2D eigenvalue weighted by atomic mass is 9.96. The number of hydrogen-bond donors (Lipinski definition) is 2. The predicted octanol–water partition coefficient (Wildman–Crippen LogP) is 4.46. The molecule has 0 aliphatic rings. The molecule has 0 atom stereocenters. The van der Waals surface area contributed by atoms with Crippen LogP contribution >= 0.6 is 0 Å². The van der Waals surface area contributed by atoms with Crippen LogP contribution in [-0.4, -0.2) is 11.2 Å². The van der Waals surface area contributed by atoms with Gasteiger partial charge in [-0.05, 0) is 42.9 Å². The minimum atomic E-state index is -0.986. The average molecular weight is 249 g/mol. The largest absolute Gasteiger partial charge is 0.465 e. The van der Waals surface area contributed by atoms with Crippen LogP contribution in [0.1, 0.15) is 50.7 Å². The fourth-order valence-electron chi connectivity index (χ4n) is 2.12. The smallest absolute Gasteiger partial charge is 0.409 e. The maximum Gasteiger partial charge on any atom is 0.409 e. The molecule has 0 radical (unpaired) electrons. The Hall–Kier alpha value is -1.51. The molecule has 1 amide bonds. The van der Waals surface area contributed by atoms with E-state index in [4.69, 9.17) is 5.11 Å². The molecule has 18 heavy (non-hydrogen) atoms. The van der Waals surface area contributed by atoms with Gasteiger partial charge in [-0.1, -0.05) is 38.8 Å². The maximum absolute atomic E-state index is 10.8. The van der Waals surface area contributed by atoms with Crippen LogP contribution in [0.4, 0.5) is 10.5 Å². The second kappa shape index (κ2) is 7.75. The van der Waals surface area contributed by atoms with Crippen LogP contribution in [0.25, 0.3) is 0 Å².